The highest BCUT2D eigenvalue weighted by atomic mass is 32.2. The molecule has 0 radical (unpaired) electrons. The summed E-state index contributed by atoms with van der Waals surface area (Å²) in [5.74, 6) is 1.76. The monoisotopic (exact) mass is 551 g/mol. The fraction of sp³-hybridized carbons (Fsp3) is 0.586. The van der Waals surface area contributed by atoms with Gasteiger partial charge >= 0.3 is 0 Å². The highest BCUT2D eigenvalue weighted by Crippen LogP contribution is 2.46. The lowest BCUT2D eigenvalue weighted by atomic mass is 9.79. The van der Waals surface area contributed by atoms with Crippen LogP contribution in [0.5, 0.6) is 5.75 Å². The molecule has 3 atom stereocenters. The topological polar surface area (TPSA) is 95.5 Å². The molecule has 6 heterocycles. The van der Waals surface area contributed by atoms with Crippen LogP contribution in [-0.4, -0.2) is 72.1 Å². The van der Waals surface area contributed by atoms with Crippen molar-refractivity contribution in [1.29, 1.82) is 0 Å². The van der Waals surface area contributed by atoms with Crippen molar-refractivity contribution in [3.05, 3.63) is 36.5 Å². The number of ether oxygens (including phenoxy) is 2. The third kappa shape index (κ3) is 4.01. The molecule has 1 aliphatic carbocycles. The van der Waals surface area contributed by atoms with Gasteiger partial charge in [0, 0.05) is 58.7 Å². The first-order chi connectivity index (χ1) is 18.9. The van der Waals surface area contributed by atoms with Crippen LogP contribution in [-0.2, 0) is 15.5 Å². The van der Waals surface area contributed by atoms with Crippen molar-refractivity contribution in [1.82, 2.24) is 19.4 Å². The van der Waals surface area contributed by atoms with Gasteiger partial charge in [-0.3, -0.25) is 9.11 Å². The summed E-state index contributed by atoms with van der Waals surface area (Å²) in [5.41, 5.74) is 8.66. The van der Waals surface area contributed by atoms with Crippen LogP contribution in [0.1, 0.15) is 51.0 Å². The first-order valence-electron chi connectivity index (χ1n) is 14.3. The second-order valence-corrected chi connectivity index (χ2v) is 14.1. The van der Waals surface area contributed by atoms with E-state index in [1.54, 1.807) is 12.1 Å². The lowest BCUT2D eigenvalue weighted by Crippen LogP contribution is -2.44. The third-order valence-corrected chi connectivity index (χ3v) is 11.7. The minimum Gasteiger partial charge on any atom is -0.487 e. The van der Waals surface area contributed by atoms with Gasteiger partial charge in [-0.15, -0.1) is 0 Å². The van der Waals surface area contributed by atoms with Gasteiger partial charge in [-0.2, -0.15) is 0 Å². The van der Waals surface area contributed by atoms with Crippen molar-refractivity contribution in [3.63, 3.8) is 0 Å². The van der Waals surface area contributed by atoms with Crippen LogP contribution in [0.3, 0.4) is 0 Å². The molecular formula is C29H34FN5O3S. The number of anilines is 1. The lowest BCUT2D eigenvalue weighted by molar-refractivity contribution is -0.0206. The van der Waals surface area contributed by atoms with E-state index in [1.807, 2.05) is 0 Å². The summed E-state index contributed by atoms with van der Waals surface area (Å²) in [4.78, 5) is 11.5. The third-order valence-electron chi connectivity index (χ3n) is 9.95. The van der Waals surface area contributed by atoms with E-state index in [9.17, 15) is 8.60 Å². The molecule has 10 heteroatoms. The van der Waals surface area contributed by atoms with Crippen LogP contribution in [0.2, 0.25) is 0 Å². The predicted octanol–water partition coefficient (Wildman–Crippen LogP) is 4.07. The summed E-state index contributed by atoms with van der Waals surface area (Å²) < 4.78 is 41.3. The van der Waals surface area contributed by atoms with Gasteiger partial charge in [0.2, 0.25) is 0 Å². The number of rotatable bonds is 7. The van der Waals surface area contributed by atoms with Crippen molar-refractivity contribution in [2.45, 2.75) is 74.0 Å². The smallest absolute Gasteiger partial charge is 0.165 e. The van der Waals surface area contributed by atoms with Crippen molar-refractivity contribution >= 4 is 27.7 Å². The summed E-state index contributed by atoms with van der Waals surface area (Å²) in [6.45, 7) is 2.44. The Bertz CT molecular complexity index is 1460. The van der Waals surface area contributed by atoms with Crippen LogP contribution >= 0.6 is 0 Å². The summed E-state index contributed by atoms with van der Waals surface area (Å²) >= 11 is 0. The summed E-state index contributed by atoms with van der Waals surface area (Å²) in [6.07, 6.45) is 11.3. The Balaban J connectivity index is 1.03. The van der Waals surface area contributed by atoms with Gasteiger partial charge < -0.3 is 19.8 Å². The highest BCUT2D eigenvalue weighted by Gasteiger charge is 2.47. The highest BCUT2D eigenvalue weighted by molar-refractivity contribution is 7.86. The second-order valence-electron chi connectivity index (χ2n) is 12.3. The molecule has 4 aliphatic heterocycles. The standard InChI is InChI=1S/C29H34FN5O3S/c30-24-2-1-18(9-25(24)37-15-29-5-3-21(38-29)4-6-29)23-13-35(28-26(23)27(31)32-16-33-28)19-7-17(8-19)11-34-12-22-10-20(34)14-39(22)36/h1-2,9,13,16-17,19-22H,3-8,10-12,14-15H2,(H2,31,32,33)/t17?,19?,20?,21?,22-,29?,39-/m0/s1. The van der Waals surface area contributed by atoms with Gasteiger partial charge in [-0.1, -0.05) is 6.07 Å². The minimum absolute atomic E-state index is 0.238. The summed E-state index contributed by atoms with van der Waals surface area (Å²) in [5, 5.41) is 1.18. The average molecular weight is 552 g/mol. The number of hydrogen-bond acceptors (Lipinski definition) is 7. The average Bonchev–Trinajstić information content (AvgIpc) is 3.72. The summed E-state index contributed by atoms with van der Waals surface area (Å²) in [7, 11) is -0.618. The largest absolute Gasteiger partial charge is 0.487 e. The zero-order valence-electron chi connectivity index (χ0n) is 21.9. The maximum atomic E-state index is 14.8. The number of nitrogen functional groups attached to an aromatic ring is 1. The van der Waals surface area contributed by atoms with Crippen LogP contribution in [0.4, 0.5) is 10.2 Å². The maximum Gasteiger partial charge on any atom is 0.165 e. The number of benzene rings is 1. The minimum atomic E-state index is -0.618. The number of nitrogens with zero attached hydrogens (tertiary/aromatic N) is 4. The number of nitrogens with two attached hydrogens (primary N) is 1. The molecule has 0 spiro atoms. The number of hydrogen-bond donors (Lipinski definition) is 1. The molecule has 2 aromatic heterocycles. The van der Waals surface area contributed by atoms with E-state index in [1.165, 1.54) is 12.4 Å². The molecule has 39 heavy (non-hydrogen) atoms. The SMILES string of the molecule is Nc1ncnc2c1c(-c1ccc(F)c(OCC34CCC(CC3)O4)c1)cn2C1CC(CN2C[C@@H]3CC2C[S@@]3=O)C1. The zero-order chi connectivity index (χ0) is 26.3. The van der Waals surface area contributed by atoms with E-state index in [0.717, 1.165) is 85.9 Å². The van der Waals surface area contributed by atoms with Gasteiger partial charge in [0.25, 0.3) is 0 Å². The zero-order valence-corrected chi connectivity index (χ0v) is 22.7. The van der Waals surface area contributed by atoms with Crippen LogP contribution in [0, 0.1) is 11.7 Å². The molecule has 8 nitrogen and oxygen atoms in total. The molecule has 206 valence electrons. The normalized spacial score (nSPS) is 35.2. The first-order valence-corrected chi connectivity index (χ1v) is 15.7. The Morgan fingerprint density at radius 3 is 2.74 bits per heavy atom. The van der Waals surface area contributed by atoms with Crippen LogP contribution in [0.25, 0.3) is 22.2 Å². The molecule has 4 bridgehead atoms. The molecule has 2 N–H and O–H groups in total. The van der Waals surface area contributed by atoms with Gasteiger partial charge in [-0.25, -0.2) is 14.4 Å². The molecule has 5 aliphatic rings. The van der Waals surface area contributed by atoms with Gasteiger partial charge in [0.1, 0.15) is 30.0 Å². The van der Waals surface area contributed by atoms with Crippen molar-refractivity contribution in [3.8, 4) is 16.9 Å². The van der Waals surface area contributed by atoms with E-state index >= 15 is 0 Å². The van der Waals surface area contributed by atoms with E-state index in [2.05, 4.69) is 25.6 Å². The Morgan fingerprint density at radius 2 is 2.03 bits per heavy atom. The van der Waals surface area contributed by atoms with E-state index in [-0.39, 0.29) is 17.2 Å². The molecule has 0 amide bonds. The molecule has 4 saturated heterocycles. The predicted molar refractivity (Wildman–Crippen MR) is 147 cm³/mol. The molecular weight excluding hydrogens is 517 g/mol. The molecule has 1 aromatic carbocycles. The Labute approximate surface area is 229 Å². The number of likely N-dealkylation sites (tertiary alicyclic amines) is 1. The van der Waals surface area contributed by atoms with E-state index < -0.39 is 10.8 Å². The molecule has 3 aromatic rings. The lowest BCUT2D eigenvalue weighted by Gasteiger charge is -2.40. The second kappa shape index (κ2) is 8.97. The molecule has 5 fully saturated rings. The molecule has 1 unspecified atom stereocenters. The van der Waals surface area contributed by atoms with E-state index in [0.29, 0.717) is 41.8 Å². The first kappa shape index (κ1) is 24.3. The van der Waals surface area contributed by atoms with Crippen molar-refractivity contribution in [2.75, 3.05) is 31.2 Å². The molecule has 8 rings (SSSR count). The Hall–Kier alpha value is -2.56. The maximum absolute atomic E-state index is 14.8. The van der Waals surface area contributed by atoms with Gasteiger partial charge in [-0.05, 0) is 68.6 Å². The number of fused-ring (bicyclic) bond motifs is 5. The fourth-order valence-electron chi connectivity index (χ4n) is 7.74. The van der Waals surface area contributed by atoms with Crippen LogP contribution < -0.4 is 10.5 Å². The Morgan fingerprint density at radius 1 is 1.18 bits per heavy atom. The summed E-state index contributed by atoms with van der Waals surface area (Å²) in [6, 6.07) is 5.86. The number of halogens is 1. The number of aromatic nitrogens is 3. The Kier molecular flexibility index (Phi) is 5.58. The van der Waals surface area contributed by atoms with Gasteiger partial charge in [0.15, 0.2) is 11.6 Å². The van der Waals surface area contributed by atoms with Gasteiger partial charge in [0.05, 0.1) is 11.5 Å². The molecule has 1 saturated carbocycles. The quantitative estimate of drug-likeness (QED) is 0.473. The van der Waals surface area contributed by atoms with Crippen molar-refractivity contribution < 1.29 is 18.1 Å². The fourth-order valence-corrected chi connectivity index (χ4v) is 9.53. The van der Waals surface area contributed by atoms with Crippen molar-refractivity contribution in [2.24, 2.45) is 5.92 Å². The van der Waals surface area contributed by atoms with Crippen LogP contribution in [0.15, 0.2) is 30.7 Å². The van der Waals surface area contributed by atoms with E-state index in [4.69, 9.17) is 15.2 Å².